The Balaban J connectivity index is 0.823. The number of aromatic amines is 1. The van der Waals surface area contributed by atoms with Gasteiger partial charge in [0.05, 0.1) is 38.2 Å². The normalized spacial score (nSPS) is 20.1. The van der Waals surface area contributed by atoms with Crippen molar-refractivity contribution in [1.29, 1.82) is 0 Å². The zero-order valence-corrected chi connectivity index (χ0v) is 37.1. The van der Waals surface area contributed by atoms with Gasteiger partial charge in [0, 0.05) is 61.1 Å². The lowest BCUT2D eigenvalue weighted by Crippen LogP contribution is -2.55. The number of rotatable bonds is 10. The van der Waals surface area contributed by atoms with Crippen molar-refractivity contribution in [2.45, 2.75) is 75.7 Å². The summed E-state index contributed by atoms with van der Waals surface area (Å²) >= 11 is 0. The van der Waals surface area contributed by atoms with Gasteiger partial charge in [-0.25, -0.2) is 14.6 Å². The van der Waals surface area contributed by atoms with E-state index in [0.29, 0.717) is 63.6 Å². The molecule has 1 aromatic heterocycles. The number of alkyl carbamates (subject to hydrolysis) is 2. The Morgan fingerprint density at radius 3 is 2.30 bits per heavy atom. The number of H-pyrrole nitrogens is 1. The van der Waals surface area contributed by atoms with Crippen LogP contribution in [0.3, 0.4) is 0 Å². The van der Waals surface area contributed by atoms with Crippen LogP contribution in [0.2, 0.25) is 0 Å². The number of ether oxygens (including phenoxy) is 4. The maximum Gasteiger partial charge on any atom is 0.407 e. The van der Waals surface area contributed by atoms with Crippen LogP contribution in [0.15, 0.2) is 96.3 Å². The van der Waals surface area contributed by atoms with Crippen molar-refractivity contribution in [2.75, 3.05) is 40.5 Å². The molecule has 5 aliphatic heterocycles. The minimum Gasteiger partial charge on any atom is -0.488 e. The second-order valence-corrected chi connectivity index (χ2v) is 17.6. The van der Waals surface area contributed by atoms with E-state index in [4.69, 9.17) is 28.9 Å². The minimum absolute atomic E-state index is 0.0186. The van der Waals surface area contributed by atoms with E-state index in [0.717, 1.165) is 87.0 Å². The average molecular weight is 892 g/mol. The first-order valence-corrected chi connectivity index (χ1v) is 22.8. The quantitative estimate of drug-likeness (QED) is 0.126. The third kappa shape index (κ3) is 8.27. The number of nitrogens with one attached hydrogen (secondary N) is 3. The van der Waals surface area contributed by atoms with Crippen LogP contribution in [-0.4, -0.2) is 102 Å². The fourth-order valence-electron chi connectivity index (χ4n) is 10.4. The zero-order valence-electron chi connectivity index (χ0n) is 37.1. The summed E-state index contributed by atoms with van der Waals surface area (Å²) in [6.45, 7) is 2.72. The van der Waals surface area contributed by atoms with Gasteiger partial charge in [-0.2, -0.15) is 0 Å². The summed E-state index contributed by atoms with van der Waals surface area (Å²) in [7, 11) is 2.60. The van der Waals surface area contributed by atoms with Gasteiger partial charge < -0.3 is 44.4 Å². The Morgan fingerprint density at radius 1 is 0.788 bits per heavy atom. The number of hydrogen-bond donors (Lipinski definition) is 3. The van der Waals surface area contributed by atoms with Gasteiger partial charge in [-0.05, 0) is 95.9 Å². The summed E-state index contributed by atoms with van der Waals surface area (Å²) in [5, 5.41) is 7.61. The van der Waals surface area contributed by atoms with E-state index in [9.17, 15) is 19.2 Å². The van der Waals surface area contributed by atoms with Crippen molar-refractivity contribution in [3.8, 4) is 28.1 Å². The first-order chi connectivity index (χ1) is 32.3. The SMILES string of the molecule is COC(=O)N[C@H](C(=O)N1CCC[C@H]1C1=NC=C(c2ccc3c(c2)COc2c-3ccc3cc(-c4cnc([C@@H]5CCCN5C(=O)[C@H](NC(=O)OC)c5ccccc5)[nH]4)ccc23)C1)C1CCOCC1. The number of likely N-dealkylation sites (tertiary alicyclic amines) is 2. The van der Waals surface area contributed by atoms with E-state index < -0.39 is 24.3 Å². The molecule has 15 heteroatoms. The molecule has 0 unspecified atom stereocenters. The van der Waals surface area contributed by atoms with Gasteiger partial charge in [0.25, 0.3) is 5.91 Å². The van der Waals surface area contributed by atoms with E-state index >= 15 is 0 Å². The van der Waals surface area contributed by atoms with Crippen LogP contribution in [0.1, 0.15) is 79.5 Å². The molecule has 0 radical (unpaired) electrons. The Morgan fingerprint density at radius 2 is 1.52 bits per heavy atom. The lowest BCUT2D eigenvalue weighted by molar-refractivity contribution is -0.135. The molecule has 0 aliphatic carbocycles. The molecule has 4 atom stereocenters. The maximum atomic E-state index is 14.1. The Labute approximate surface area is 382 Å². The number of imidazole rings is 1. The molecule has 0 bridgehead atoms. The van der Waals surface area contributed by atoms with E-state index in [1.54, 1.807) is 4.90 Å². The summed E-state index contributed by atoms with van der Waals surface area (Å²) < 4.78 is 21.8. The maximum absolute atomic E-state index is 14.1. The monoisotopic (exact) mass is 891 g/mol. The van der Waals surface area contributed by atoms with E-state index in [2.05, 4.69) is 64.1 Å². The van der Waals surface area contributed by atoms with Gasteiger partial charge in [-0.15, -0.1) is 0 Å². The van der Waals surface area contributed by atoms with Gasteiger partial charge in [0.2, 0.25) is 5.91 Å². The average Bonchev–Trinajstić information content (AvgIpc) is 4.22. The Kier molecular flexibility index (Phi) is 12.0. The smallest absolute Gasteiger partial charge is 0.407 e. The van der Waals surface area contributed by atoms with E-state index in [-0.39, 0.29) is 29.8 Å². The van der Waals surface area contributed by atoms with Crippen molar-refractivity contribution in [2.24, 2.45) is 10.9 Å². The van der Waals surface area contributed by atoms with Crippen LogP contribution >= 0.6 is 0 Å². The summed E-state index contributed by atoms with van der Waals surface area (Å²) in [6, 6.07) is 24.3. The largest absolute Gasteiger partial charge is 0.488 e. The van der Waals surface area contributed by atoms with Gasteiger partial charge in [-0.1, -0.05) is 60.7 Å². The molecule has 340 valence electrons. The first-order valence-electron chi connectivity index (χ1n) is 22.8. The van der Waals surface area contributed by atoms with Gasteiger partial charge in [-0.3, -0.25) is 14.6 Å². The summed E-state index contributed by atoms with van der Waals surface area (Å²) in [4.78, 5) is 69.6. The molecule has 5 aliphatic rings. The predicted molar refractivity (Wildman–Crippen MR) is 247 cm³/mol. The highest BCUT2D eigenvalue weighted by Crippen LogP contribution is 2.44. The lowest BCUT2D eigenvalue weighted by atomic mass is 9.89. The number of allylic oxidation sites excluding steroid dienone is 1. The highest BCUT2D eigenvalue weighted by molar-refractivity contribution is 6.04. The highest BCUT2D eigenvalue weighted by Gasteiger charge is 2.41. The Hall–Kier alpha value is -7.00. The van der Waals surface area contributed by atoms with Gasteiger partial charge >= 0.3 is 12.2 Å². The molecular formula is C51H53N7O8. The topological polar surface area (TPSA) is 177 Å². The van der Waals surface area contributed by atoms with E-state index in [1.807, 2.05) is 47.6 Å². The number of aliphatic imine (C=N–C) groups is 1. The second kappa shape index (κ2) is 18.5. The molecule has 4 amide bonds. The van der Waals surface area contributed by atoms with Gasteiger partial charge in [0.1, 0.15) is 30.3 Å². The van der Waals surface area contributed by atoms with Crippen LogP contribution in [0.4, 0.5) is 9.59 Å². The molecule has 4 aromatic carbocycles. The van der Waals surface area contributed by atoms with Gasteiger partial charge in [0.15, 0.2) is 0 Å². The molecule has 3 N–H and O–H groups in total. The van der Waals surface area contributed by atoms with E-state index in [1.165, 1.54) is 14.2 Å². The fraction of sp³-hybridized carbons (Fsp3) is 0.373. The van der Waals surface area contributed by atoms with Crippen LogP contribution < -0.4 is 15.4 Å². The van der Waals surface area contributed by atoms with Crippen molar-refractivity contribution in [3.63, 3.8) is 0 Å². The molecule has 15 nitrogen and oxygen atoms in total. The first kappa shape index (κ1) is 42.9. The molecule has 0 spiro atoms. The van der Waals surface area contributed by atoms with Crippen LogP contribution in [-0.2, 0) is 30.4 Å². The second-order valence-electron chi connectivity index (χ2n) is 17.6. The number of fused-ring (bicyclic) bond motifs is 5. The predicted octanol–water partition coefficient (Wildman–Crippen LogP) is 7.88. The van der Waals surface area contributed by atoms with Crippen molar-refractivity contribution < 1.29 is 38.1 Å². The van der Waals surface area contributed by atoms with Crippen LogP contribution in [0, 0.1) is 5.92 Å². The zero-order chi connectivity index (χ0) is 45.3. The van der Waals surface area contributed by atoms with Crippen LogP contribution in [0.25, 0.3) is 38.7 Å². The van der Waals surface area contributed by atoms with Crippen molar-refractivity contribution >= 4 is 46.1 Å². The van der Waals surface area contributed by atoms with Crippen LogP contribution in [0.5, 0.6) is 5.75 Å². The third-order valence-electron chi connectivity index (χ3n) is 13.8. The third-order valence-corrected chi connectivity index (χ3v) is 13.8. The van der Waals surface area contributed by atoms with Crippen molar-refractivity contribution in [3.05, 3.63) is 114 Å². The number of nitrogens with zero attached hydrogens (tertiary/aromatic N) is 4. The Bertz CT molecular complexity index is 2740. The number of carbonyl (C=O) groups excluding carboxylic acids is 4. The summed E-state index contributed by atoms with van der Waals surface area (Å²) in [5.74, 6) is 1.22. The molecule has 5 aromatic rings. The lowest BCUT2D eigenvalue weighted by Gasteiger charge is -2.34. The molecule has 66 heavy (non-hydrogen) atoms. The standard InChI is InChI=1S/C51H53N7O8/c1-63-50(61)55-44(30-8-4-3-5-9-30)49(60)58-21-7-11-43(58)47-53-28-41(54-47)34-14-16-38-33(25-34)13-17-39-37-15-12-32(24-36(37)29-66-46(38)39)35-26-40(52-27-35)42-10-6-20-57(42)48(59)45(56-51(62)64-2)31-18-22-65-23-19-31/h3-5,8-9,12-17,24-25,27-28,31,42-45H,6-7,10-11,18-23,26,29H2,1-2H3,(H,53,54)(H,55,61)(H,56,62)/t42-,43-,44+,45-/m0/s1. The fourth-order valence-corrected chi connectivity index (χ4v) is 10.4. The molecule has 3 fully saturated rings. The summed E-state index contributed by atoms with van der Waals surface area (Å²) in [5.41, 5.74) is 8.87. The number of benzene rings is 4. The number of carbonyl (C=O) groups is 4. The number of hydrogen-bond acceptors (Lipinski definition) is 10. The molecular weight excluding hydrogens is 839 g/mol. The number of aromatic nitrogens is 2. The minimum atomic E-state index is -0.890. The summed E-state index contributed by atoms with van der Waals surface area (Å²) in [6.07, 6.45) is 7.77. The molecule has 3 saturated heterocycles. The van der Waals surface area contributed by atoms with Crippen molar-refractivity contribution in [1.82, 2.24) is 30.4 Å². The molecule has 6 heterocycles. The highest BCUT2D eigenvalue weighted by atomic mass is 16.5. The number of methoxy groups -OCH3 is 2. The number of amides is 4. The molecule has 10 rings (SSSR count). The molecule has 0 saturated carbocycles.